The van der Waals surface area contributed by atoms with Gasteiger partial charge in [-0.25, -0.2) is 10.2 Å². The molecule has 0 bridgehead atoms. The van der Waals surface area contributed by atoms with Crippen LogP contribution in [0, 0.1) is 5.82 Å². The minimum absolute atomic E-state index is 0.312. The molecule has 0 spiro atoms. The third-order valence-electron chi connectivity index (χ3n) is 2.30. The molecule has 0 radical (unpaired) electrons. The smallest absolute Gasteiger partial charge is 0.265 e. The van der Waals surface area contributed by atoms with Crippen molar-refractivity contribution < 1.29 is 9.18 Å². The maximum Gasteiger partial charge on any atom is 0.265 e. The number of hydrogen-bond donors (Lipinski definition) is 2. The van der Waals surface area contributed by atoms with Gasteiger partial charge in [-0.1, -0.05) is 6.07 Å². The second-order valence-electron chi connectivity index (χ2n) is 3.50. The van der Waals surface area contributed by atoms with Gasteiger partial charge in [-0.2, -0.15) is 0 Å². The number of nitrogen functional groups attached to an aromatic ring is 1. The molecule has 1 heterocycles. The summed E-state index contributed by atoms with van der Waals surface area (Å²) in [5.41, 5.74) is 2.89. The number of amides is 1. The molecule has 0 fully saturated rings. The summed E-state index contributed by atoms with van der Waals surface area (Å²) in [6.07, 6.45) is 0. The van der Waals surface area contributed by atoms with Crippen LogP contribution < -0.4 is 11.3 Å². The first-order chi connectivity index (χ1) is 8.70. The quantitative estimate of drug-likeness (QED) is 0.392. The average Bonchev–Trinajstić information content (AvgIpc) is 2.90. The molecule has 3 N–H and O–H groups in total. The van der Waals surface area contributed by atoms with Gasteiger partial charge in [-0.15, -0.1) is 23.1 Å². The zero-order chi connectivity index (χ0) is 13.0. The molecule has 18 heavy (non-hydrogen) atoms. The Morgan fingerprint density at radius 2 is 2.28 bits per heavy atom. The van der Waals surface area contributed by atoms with Gasteiger partial charge in [0.25, 0.3) is 5.91 Å². The van der Waals surface area contributed by atoms with Crippen LogP contribution in [-0.2, 0) is 5.75 Å². The summed E-state index contributed by atoms with van der Waals surface area (Å²) in [7, 11) is 0. The number of thiophene rings is 1. The number of benzene rings is 1. The number of hydrogen-bond acceptors (Lipinski definition) is 4. The monoisotopic (exact) mass is 282 g/mol. The maximum absolute atomic E-state index is 13.6. The van der Waals surface area contributed by atoms with Crippen LogP contribution in [0.5, 0.6) is 0 Å². The van der Waals surface area contributed by atoms with Crippen molar-refractivity contribution in [1.29, 1.82) is 0 Å². The van der Waals surface area contributed by atoms with Crippen molar-refractivity contribution in [3.63, 3.8) is 0 Å². The lowest BCUT2D eigenvalue weighted by molar-refractivity contribution is 0.0953. The van der Waals surface area contributed by atoms with Crippen molar-refractivity contribution in [3.8, 4) is 0 Å². The van der Waals surface area contributed by atoms with Crippen LogP contribution in [-0.4, -0.2) is 5.91 Å². The summed E-state index contributed by atoms with van der Waals surface area (Å²) < 4.78 is 14.7. The van der Waals surface area contributed by atoms with E-state index in [4.69, 9.17) is 5.84 Å². The van der Waals surface area contributed by atoms with Gasteiger partial charge in [-0.3, -0.25) is 10.2 Å². The van der Waals surface area contributed by atoms with Gasteiger partial charge in [0.05, 0.1) is 4.21 Å². The van der Waals surface area contributed by atoms with Gasteiger partial charge in [0.1, 0.15) is 5.82 Å². The van der Waals surface area contributed by atoms with Gasteiger partial charge in [-0.05, 0) is 35.2 Å². The average molecular weight is 282 g/mol. The van der Waals surface area contributed by atoms with E-state index in [0.717, 1.165) is 4.21 Å². The summed E-state index contributed by atoms with van der Waals surface area (Å²) in [6, 6.07) is 8.15. The minimum Gasteiger partial charge on any atom is -0.290 e. The van der Waals surface area contributed by atoms with E-state index in [1.165, 1.54) is 30.0 Å². The van der Waals surface area contributed by atoms with Crippen molar-refractivity contribution in [2.24, 2.45) is 5.84 Å². The van der Waals surface area contributed by atoms with E-state index in [1.807, 2.05) is 22.9 Å². The Labute approximate surface area is 112 Å². The summed E-state index contributed by atoms with van der Waals surface area (Å²) in [5.74, 6) is 4.80. The van der Waals surface area contributed by atoms with E-state index < -0.39 is 5.91 Å². The van der Waals surface area contributed by atoms with Crippen LogP contribution >= 0.6 is 23.1 Å². The van der Waals surface area contributed by atoms with Crippen molar-refractivity contribution in [3.05, 3.63) is 52.7 Å². The van der Waals surface area contributed by atoms with E-state index in [-0.39, 0.29) is 5.82 Å². The highest BCUT2D eigenvalue weighted by atomic mass is 32.2. The van der Waals surface area contributed by atoms with E-state index in [2.05, 4.69) is 0 Å². The molecule has 2 aromatic rings. The first-order valence-electron chi connectivity index (χ1n) is 5.16. The molecule has 0 saturated heterocycles. The first-order valence-corrected chi connectivity index (χ1v) is 7.03. The molecule has 1 aromatic carbocycles. The van der Waals surface area contributed by atoms with E-state index in [9.17, 15) is 9.18 Å². The molecule has 0 atom stereocenters. The second kappa shape index (κ2) is 5.99. The summed E-state index contributed by atoms with van der Waals surface area (Å²) in [5, 5.41) is 1.97. The molecule has 0 saturated carbocycles. The van der Waals surface area contributed by atoms with E-state index in [0.29, 0.717) is 16.9 Å². The SMILES string of the molecule is NNC(=O)c1ccc(F)c(CSc2cccs2)c1. The number of halogens is 1. The van der Waals surface area contributed by atoms with Crippen LogP contribution in [0.4, 0.5) is 4.39 Å². The van der Waals surface area contributed by atoms with E-state index >= 15 is 0 Å². The van der Waals surface area contributed by atoms with Crippen molar-refractivity contribution in [2.75, 3.05) is 0 Å². The number of rotatable bonds is 4. The summed E-state index contributed by atoms with van der Waals surface area (Å²) in [4.78, 5) is 11.3. The fourth-order valence-corrected chi connectivity index (χ4v) is 3.16. The lowest BCUT2D eigenvalue weighted by Gasteiger charge is -2.05. The van der Waals surface area contributed by atoms with Gasteiger partial charge in [0.15, 0.2) is 0 Å². The summed E-state index contributed by atoms with van der Waals surface area (Å²) >= 11 is 3.14. The third-order valence-corrected chi connectivity index (χ3v) is 4.48. The lowest BCUT2D eigenvalue weighted by atomic mass is 10.1. The molecule has 94 valence electrons. The number of nitrogens with two attached hydrogens (primary N) is 1. The minimum atomic E-state index is -0.419. The Bertz CT molecular complexity index is 543. The van der Waals surface area contributed by atoms with Crippen LogP contribution in [0.1, 0.15) is 15.9 Å². The van der Waals surface area contributed by atoms with Crippen LogP contribution in [0.2, 0.25) is 0 Å². The van der Waals surface area contributed by atoms with Crippen molar-refractivity contribution in [1.82, 2.24) is 5.43 Å². The number of carbonyl (C=O) groups is 1. The second-order valence-corrected chi connectivity index (χ2v) is 5.72. The zero-order valence-corrected chi connectivity index (χ0v) is 11.0. The molecule has 3 nitrogen and oxygen atoms in total. The van der Waals surface area contributed by atoms with Crippen LogP contribution in [0.25, 0.3) is 0 Å². The molecule has 0 unspecified atom stereocenters. The Balaban J connectivity index is 2.13. The topological polar surface area (TPSA) is 55.1 Å². The standard InChI is InChI=1S/C12H11FN2OS2/c13-10-4-3-8(12(16)15-14)6-9(10)7-18-11-2-1-5-17-11/h1-6H,7,14H2,(H,15,16). The highest BCUT2D eigenvalue weighted by molar-refractivity contribution is 8.00. The predicted octanol–water partition coefficient (Wildman–Crippen LogP) is 2.78. The van der Waals surface area contributed by atoms with Crippen LogP contribution in [0.3, 0.4) is 0 Å². The predicted molar refractivity (Wildman–Crippen MR) is 71.9 cm³/mol. The molecule has 1 aromatic heterocycles. The fourth-order valence-electron chi connectivity index (χ4n) is 1.40. The first kappa shape index (κ1) is 13.1. The molecule has 0 aliphatic heterocycles. The molecular weight excluding hydrogens is 271 g/mol. The largest absolute Gasteiger partial charge is 0.290 e. The number of nitrogens with one attached hydrogen (secondary N) is 1. The van der Waals surface area contributed by atoms with Gasteiger partial charge >= 0.3 is 0 Å². The maximum atomic E-state index is 13.6. The molecule has 2 rings (SSSR count). The number of hydrazine groups is 1. The van der Waals surface area contributed by atoms with Gasteiger partial charge in [0, 0.05) is 11.3 Å². The Hall–Kier alpha value is -1.37. The molecule has 1 amide bonds. The molecule has 0 aliphatic carbocycles. The van der Waals surface area contributed by atoms with E-state index in [1.54, 1.807) is 11.3 Å². The number of carbonyl (C=O) groups excluding carboxylic acids is 1. The Morgan fingerprint density at radius 3 is 2.94 bits per heavy atom. The normalized spacial score (nSPS) is 10.3. The number of thioether (sulfide) groups is 1. The third kappa shape index (κ3) is 3.10. The highest BCUT2D eigenvalue weighted by Gasteiger charge is 2.09. The van der Waals surface area contributed by atoms with Gasteiger partial charge in [0.2, 0.25) is 0 Å². The molecular formula is C12H11FN2OS2. The molecule has 6 heteroatoms. The Morgan fingerprint density at radius 1 is 1.44 bits per heavy atom. The zero-order valence-electron chi connectivity index (χ0n) is 9.35. The van der Waals surface area contributed by atoms with Gasteiger partial charge < -0.3 is 0 Å². The highest BCUT2D eigenvalue weighted by Crippen LogP contribution is 2.28. The Kier molecular flexibility index (Phi) is 4.35. The fraction of sp³-hybridized carbons (Fsp3) is 0.0833. The van der Waals surface area contributed by atoms with Crippen molar-refractivity contribution >= 4 is 29.0 Å². The van der Waals surface area contributed by atoms with Crippen LogP contribution in [0.15, 0.2) is 39.9 Å². The molecule has 0 aliphatic rings. The van der Waals surface area contributed by atoms with Crippen molar-refractivity contribution in [2.45, 2.75) is 9.96 Å². The lowest BCUT2D eigenvalue weighted by Crippen LogP contribution is -2.30. The summed E-state index contributed by atoms with van der Waals surface area (Å²) in [6.45, 7) is 0.